The molecule has 2 N–H and O–H groups in total. The van der Waals surface area contributed by atoms with Crippen molar-refractivity contribution in [2.45, 2.75) is 0 Å². The highest BCUT2D eigenvalue weighted by Gasteiger charge is 2.23. The fraction of sp³-hybridized carbons (Fsp3) is 0. The second-order valence-electron chi connectivity index (χ2n) is 5.40. The fourth-order valence-electron chi connectivity index (χ4n) is 2.43. The molecule has 4 aromatic rings. The molecule has 1 aromatic carbocycles. The minimum atomic E-state index is -0.673. The maximum atomic E-state index is 13.3. The van der Waals surface area contributed by atoms with Crippen molar-refractivity contribution in [2.75, 3.05) is 5.73 Å². The van der Waals surface area contributed by atoms with Crippen molar-refractivity contribution in [1.29, 1.82) is 5.26 Å². The van der Waals surface area contributed by atoms with Crippen molar-refractivity contribution in [3.8, 4) is 22.5 Å². The normalized spacial score (nSPS) is 10.7. The first kappa shape index (κ1) is 16.6. The zero-order valence-electron chi connectivity index (χ0n) is 13.6. The average Bonchev–Trinajstić information content (AvgIpc) is 3.41. The van der Waals surface area contributed by atoms with Crippen molar-refractivity contribution >= 4 is 23.1 Å². The number of anilines is 1. The summed E-state index contributed by atoms with van der Waals surface area (Å²) in [7, 11) is 0. The van der Waals surface area contributed by atoms with Gasteiger partial charge in [0.2, 0.25) is 5.82 Å². The van der Waals surface area contributed by atoms with Crippen LogP contribution in [0.15, 0.2) is 48.0 Å². The molecule has 0 radical (unpaired) electrons. The highest BCUT2D eigenvalue weighted by Crippen LogP contribution is 2.26. The molecule has 0 unspecified atom stereocenters. The summed E-state index contributed by atoms with van der Waals surface area (Å²) in [6, 6.07) is 11.2. The topological polar surface area (TPSA) is 115 Å². The summed E-state index contributed by atoms with van der Waals surface area (Å²) >= 11 is 1.42. The molecule has 0 saturated heterocycles. The standard InChI is InChI=1S/C17H10FN7OS/c18-11-3-5-12(6-4-11)24-16(13-2-1-7-27-13)22-15(23-24)17(26)25-14(20)10(8-19)9-21-25/h1-7,9H,20H2. The Morgan fingerprint density at radius 3 is 2.67 bits per heavy atom. The third-order valence-electron chi connectivity index (χ3n) is 3.73. The van der Waals surface area contributed by atoms with Gasteiger partial charge in [0.05, 0.1) is 16.8 Å². The maximum absolute atomic E-state index is 13.3. The Kier molecular flexibility index (Phi) is 3.98. The zero-order chi connectivity index (χ0) is 19.0. The van der Waals surface area contributed by atoms with E-state index < -0.39 is 5.91 Å². The van der Waals surface area contributed by atoms with Crippen LogP contribution >= 0.6 is 11.3 Å². The van der Waals surface area contributed by atoms with Gasteiger partial charge in [-0.15, -0.1) is 16.4 Å². The Bertz CT molecular complexity index is 1170. The number of hydrogen-bond donors (Lipinski definition) is 1. The van der Waals surface area contributed by atoms with Crippen LogP contribution in [-0.2, 0) is 0 Å². The second kappa shape index (κ2) is 6.47. The summed E-state index contributed by atoms with van der Waals surface area (Å²) in [5.74, 6) is -0.875. The van der Waals surface area contributed by atoms with Crippen LogP contribution in [0.4, 0.5) is 10.2 Å². The molecule has 0 saturated carbocycles. The van der Waals surface area contributed by atoms with E-state index in [4.69, 9.17) is 11.0 Å². The molecule has 0 aliphatic carbocycles. The van der Waals surface area contributed by atoms with Gasteiger partial charge in [0, 0.05) is 0 Å². The number of nitrogen functional groups attached to an aromatic ring is 1. The number of halogens is 1. The van der Waals surface area contributed by atoms with E-state index in [-0.39, 0.29) is 23.0 Å². The summed E-state index contributed by atoms with van der Waals surface area (Å²) in [6.07, 6.45) is 1.20. The van der Waals surface area contributed by atoms with Crippen molar-refractivity contribution in [3.63, 3.8) is 0 Å². The minimum Gasteiger partial charge on any atom is -0.382 e. The van der Waals surface area contributed by atoms with E-state index in [1.165, 1.54) is 46.5 Å². The first-order valence-electron chi connectivity index (χ1n) is 7.63. The number of carbonyl (C=O) groups excluding carboxylic acids is 1. The molecule has 0 bridgehead atoms. The Balaban J connectivity index is 1.84. The number of aromatic nitrogens is 5. The van der Waals surface area contributed by atoms with Crippen LogP contribution < -0.4 is 5.73 Å². The van der Waals surface area contributed by atoms with Crippen molar-refractivity contribution in [2.24, 2.45) is 0 Å². The van der Waals surface area contributed by atoms with Crippen LogP contribution in [0.3, 0.4) is 0 Å². The largest absolute Gasteiger partial charge is 0.382 e. The summed E-state index contributed by atoms with van der Waals surface area (Å²) in [5.41, 5.74) is 6.40. The van der Waals surface area contributed by atoms with E-state index >= 15 is 0 Å². The molecule has 0 atom stereocenters. The Hall–Kier alpha value is -3.84. The molecule has 132 valence electrons. The number of rotatable bonds is 3. The quantitative estimate of drug-likeness (QED) is 0.585. The van der Waals surface area contributed by atoms with Crippen molar-refractivity contribution in [3.05, 3.63) is 65.2 Å². The highest BCUT2D eigenvalue weighted by atomic mass is 32.1. The summed E-state index contributed by atoms with van der Waals surface area (Å²) < 4.78 is 15.6. The lowest BCUT2D eigenvalue weighted by Gasteiger charge is -2.04. The summed E-state index contributed by atoms with van der Waals surface area (Å²) in [6.45, 7) is 0. The number of carbonyl (C=O) groups is 1. The molecule has 3 heterocycles. The van der Waals surface area contributed by atoms with E-state index in [0.717, 1.165) is 9.56 Å². The molecule has 0 aliphatic rings. The number of thiophene rings is 1. The highest BCUT2D eigenvalue weighted by molar-refractivity contribution is 7.13. The third kappa shape index (κ3) is 2.86. The number of nitriles is 1. The van der Waals surface area contributed by atoms with Gasteiger partial charge in [-0.05, 0) is 35.7 Å². The smallest absolute Gasteiger partial charge is 0.319 e. The predicted octanol–water partition coefficient (Wildman–Crippen LogP) is 2.47. The van der Waals surface area contributed by atoms with E-state index in [9.17, 15) is 9.18 Å². The molecule has 4 rings (SSSR count). The molecule has 10 heteroatoms. The van der Waals surface area contributed by atoms with E-state index in [0.29, 0.717) is 11.5 Å². The van der Waals surface area contributed by atoms with Crippen molar-refractivity contribution < 1.29 is 9.18 Å². The van der Waals surface area contributed by atoms with Gasteiger partial charge >= 0.3 is 5.91 Å². The van der Waals surface area contributed by atoms with Crippen LogP contribution in [0.5, 0.6) is 0 Å². The van der Waals surface area contributed by atoms with Crippen LogP contribution in [0.2, 0.25) is 0 Å². The van der Waals surface area contributed by atoms with Gasteiger partial charge in [-0.3, -0.25) is 4.79 Å². The third-order valence-corrected chi connectivity index (χ3v) is 4.60. The monoisotopic (exact) mass is 379 g/mol. The molecule has 8 nitrogen and oxygen atoms in total. The fourth-order valence-corrected chi connectivity index (χ4v) is 3.13. The number of nitrogens with zero attached hydrogens (tertiary/aromatic N) is 6. The number of hydrogen-bond acceptors (Lipinski definition) is 7. The van der Waals surface area contributed by atoms with Crippen LogP contribution in [0.25, 0.3) is 16.4 Å². The molecular weight excluding hydrogens is 369 g/mol. The average molecular weight is 379 g/mol. The van der Waals surface area contributed by atoms with Gasteiger partial charge in [0.25, 0.3) is 0 Å². The molecular formula is C17H10FN7OS. The van der Waals surface area contributed by atoms with Gasteiger partial charge in [-0.25, -0.2) is 14.1 Å². The first-order chi connectivity index (χ1) is 13.1. The summed E-state index contributed by atoms with van der Waals surface area (Å²) in [5, 5.41) is 18.9. The number of benzene rings is 1. The number of nitrogens with two attached hydrogens (primary N) is 1. The first-order valence-corrected chi connectivity index (χ1v) is 8.51. The minimum absolute atomic E-state index is 0.0831. The zero-order valence-corrected chi connectivity index (χ0v) is 14.4. The molecule has 3 aromatic heterocycles. The lowest BCUT2D eigenvalue weighted by Crippen LogP contribution is -2.18. The Morgan fingerprint density at radius 2 is 2.04 bits per heavy atom. The molecule has 0 spiro atoms. The van der Waals surface area contributed by atoms with E-state index in [1.54, 1.807) is 0 Å². The van der Waals surface area contributed by atoms with Crippen LogP contribution in [-0.4, -0.2) is 30.5 Å². The molecule has 0 aliphatic heterocycles. The van der Waals surface area contributed by atoms with E-state index in [1.807, 2.05) is 23.6 Å². The van der Waals surface area contributed by atoms with Gasteiger partial charge in [-0.1, -0.05) is 6.07 Å². The summed E-state index contributed by atoms with van der Waals surface area (Å²) in [4.78, 5) is 17.8. The van der Waals surface area contributed by atoms with Gasteiger partial charge in [0.15, 0.2) is 5.82 Å². The SMILES string of the molecule is N#Cc1cnn(C(=O)c2nc(-c3cccs3)n(-c3ccc(F)cc3)n2)c1N. The Labute approximate surface area is 155 Å². The van der Waals surface area contributed by atoms with Gasteiger partial charge in [-0.2, -0.15) is 15.0 Å². The van der Waals surface area contributed by atoms with Gasteiger partial charge < -0.3 is 5.73 Å². The molecule has 0 amide bonds. The predicted molar refractivity (Wildman–Crippen MR) is 95.7 cm³/mol. The van der Waals surface area contributed by atoms with Crippen LogP contribution in [0.1, 0.15) is 16.2 Å². The molecule has 0 fully saturated rings. The molecule has 27 heavy (non-hydrogen) atoms. The maximum Gasteiger partial charge on any atom is 0.319 e. The van der Waals surface area contributed by atoms with Gasteiger partial charge in [0.1, 0.15) is 23.3 Å². The van der Waals surface area contributed by atoms with Crippen LogP contribution in [0, 0.1) is 17.1 Å². The van der Waals surface area contributed by atoms with E-state index in [2.05, 4.69) is 15.2 Å². The van der Waals surface area contributed by atoms with Crippen molar-refractivity contribution in [1.82, 2.24) is 24.5 Å². The second-order valence-corrected chi connectivity index (χ2v) is 6.34. The lowest BCUT2D eigenvalue weighted by atomic mass is 10.3. The Morgan fingerprint density at radius 1 is 1.26 bits per heavy atom. The lowest BCUT2D eigenvalue weighted by molar-refractivity contribution is 0.0937.